The molecule has 3 aliphatic carbocycles. The molecule has 1 saturated carbocycles. The van der Waals surface area contributed by atoms with E-state index >= 15 is 0 Å². The van der Waals surface area contributed by atoms with Gasteiger partial charge in [0, 0.05) is 6.42 Å². The van der Waals surface area contributed by atoms with E-state index in [1.54, 1.807) is 18.2 Å². The highest BCUT2D eigenvalue weighted by Crippen LogP contribution is 2.38. The highest BCUT2D eigenvalue weighted by Gasteiger charge is 2.32. The lowest BCUT2D eigenvalue weighted by Gasteiger charge is -2.27. The standard InChI is InChI=1S/C37H40N2O8/c1-4-5-6-15-46-35(41)24-10-13-32(14-11-24)47-37(43)33(36(42)45-3)18-23-16-28-21-31(22-29(28)17-23)39-38-30-12-9-25-19-27(34(40)44-2)8-7-26(25)20-30/h7-9,12,16,18-20,22,24,32H,4-6,10-11,13-15,17,21H2,1-3H3/b33-18+,39-38?. The van der Waals surface area contributed by atoms with Gasteiger partial charge in [-0.2, -0.15) is 10.2 Å². The molecule has 0 N–H and O–H groups in total. The number of methoxy groups -OCH3 is 2. The molecule has 47 heavy (non-hydrogen) atoms. The van der Waals surface area contributed by atoms with Gasteiger partial charge < -0.3 is 18.9 Å². The zero-order valence-corrected chi connectivity index (χ0v) is 27.1. The smallest absolute Gasteiger partial charge is 0.345 e. The summed E-state index contributed by atoms with van der Waals surface area (Å²) in [4.78, 5) is 49.8. The van der Waals surface area contributed by atoms with Gasteiger partial charge in [0.25, 0.3) is 0 Å². The van der Waals surface area contributed by atoms with Crippen molar-refractivity contribution < 1.29 is 38.1 Å². The van der Waals surface area contributed by atoms with E-state index in [-0.39, 0.29) is 29.5 Å². The first kappa shape index (κ1) is 33.5. The molecule has 0 bridgehead atoms. The molecule has 3 aliphatic rings. The molecule has 10 heteroatoms. The Labute approximate surface area is 274 Å². The van der Waals surface area contributed by atoms with Gasteiger partial charge in [-0.15, -0.1) is 0 Å². The van der Waals surface area contributed by atoms with Crippen molar-refractivity contribution in [3.63, 3.8) is 0 Å². The summed E-state index contributed by atoms with van der Waals surface area (Å²) in [5, 5.41) is 10.7. The van der Waals surface area contributed by atoms with Crippen LogP contribution in [0.4, 0.5) is 5.69 Å². The van der Waals surface area contributed by atoms with Crippen molar-refractivity contribution in [2.24, 2.45) is 16.1 Å². The van der Waals surface area contributed by atoms with E-state index in [1.165, 1.54) is 14.2 Å². The second-order valence-electron chi connectivity index (χ2n) is 12.0. The van der Waals surface area contributed by atoms with Crippen LogP contribution in [-0.2, 0) is 33.3 Å². The van der Waals surface area contributed by atoms with Gasteiger partial charge in [-0.3, -0.25) is 4.79 Å². The van der Waals surface area contributed by atoms with Crippen molar-refractivity contribution in [2.75, 3.05) is 20.8 Å². The Bertz CT molecular complexity index is 1710. The highest BCUT2D eigenvalue weighted by atomic mass is 16.6. The van der Waals surface area contributed by atoms with Crippen LogP contribution in [0.15, 0.2) is 92.8 Å². The summed E-state index contributed by atoms with van der Waals surface area (Å²) in [5.41, 5.74) is 4.73. The molecule has 0 unspecified atom stereocenters. The SMILES string of the molecule is CCCCCOC(=O)C1CCC(OC(=O)/C(=C/C2=CC3=C(C=C(N=Nc4ccc5cc(C(=O)OC)ccc5c4)C3)C2)C(=O)OC)CC1. The normalized spacial score (nSPS) is 19.3. The Kier molecular flexibility index (Phi) is 11.1. The van der Waals surface area contributed by atoms with Gasteiger partial charge in [-0.05, 0) is 102 Å². The van der Waals surface area contributed by atoms with Gasteiger partial charge in [0.05, 0.1) is 43.7 Å². The minimum atomic E-state index is -0.755. The van der Waals surface area contributed by atoms with E-state index in [1.807, 2.05) is 36.4 Å². The Morgan fingerprint density at radius 3 is 2.30 bits per heavy atom. The fraction of sp³-hybridized carbons (Fsp3) is 0.405. The first-order valence-corrected chi connectivity index (χ1v) is 16.1. The summed E-state index contributed by atoms with van der Waals surface area (Å²) < 4.78 is 20.8. The zero-order valence-electron chi connectivity index (χ0n) is 27.1. The lowest BCUT2D eigenvalue weighted by atomic mass is 9.87. The topological polar surface area (TPSA) is 130 Å². The maximum absolute atomic E-state index is 13.1. The summed E-state index contributed by atoms with van der Waals surface area (Å²) in [6, 6.07) is 11.0. The molecule has 0 aromatic heterocycles. The lowest BCUT2D eigenvalue weighted by Crippen LogP contribution is -2.30. The quantitative estimate of drug-likeness (QED) is 0.0442. The number of carbonyl (C=O) groups excluding carboxylic acids is 4. The molecule has 10 nitrogen and oxygen atoms in total. The number of hydrogen-bond donors (Lipinski definition) is 0. The molecule has 5 rings (SSSR count). The molecule has 0 amide bonds. The number of benzene rings is 2. The Balaban J connectivity index is 1.14. The number of rotatable bonds is 12. The molecule has 246 valence electrons. The molecule has 2 aromatic carbocycles. The number of esters is 4. The fourth-order valence-electron chi connectivity index (χ4n) is 6.05. The van der Waals surface area contributed by atoms with Crippen LogP contribution in [0.3, 0.4) is 0 Å². The van der Waals surface area contributed by atoms with Crippen LogP contribution in [0.25, 0.3) is 10.8 Å². The summed E-state index contributed by atoms with van der Waals surface area (Å²) in [7, 11) is 2.59. The molecule has 0 radical (unpaired) electrons. The van der Waals surface area contributed by atoms with Crippen molar-refractivity contribution in [1.29, 1.82) is 0 Å². The first-order chi connectivity index (χ1) is 22.8. The number of ether oxygens (including phenoxy) is 4. The summed E-state index contributed by atoms with van der Waals surface area (Å²) in [6.07, 6.45) is 11.4. The van der Waals surface area contributed by atoms with Crippen LogP contribution < -0.4 is 0 Å². The largest absolute Gasteiger partial charge is 0.465 e. The highest BCUT2D eigenvalue weighted by molar-refractivity contribution is 6.14. The van der Waals surface area contributed by atoms with E-state index in [4.69, 9.17) is 18.9 Å². The third-order valence-electron chi connectivity index (χ3n) is 8.65. The second kappa shape index (κ2) is 15.6. The van der Waals surface area contributed by atoms with Gasteiger partial charge in [0.15, 0.2) is 0 Å². The fourth-order valence-corrected chi connectivity index (χ4v) is 6.05. The maximum atomic E-state index is 13.1. The Hall–Kier alpha value is -4.86. The molecule has 0 saturated heterocycles. The second-order valence-corrected chi connectivity index (χ2v) is 12.0. The summed E-state index contributed by atoms with van der Waals surface area (Å²) in [5.74, 6) is -2.23. The number of azo groups is 1. The number of carbonyl (C=O) groups is 4. The van der Waals surface area contributed by atoms with Crippen molar-refractivity contribution in [1.82, 2.24) is 0 Å². The van der Waals surface area contributed by atoms with E-state index < -0.39 is 11.9 Å². The van der Waals surface area contributed by atoms with Gasteiger partial charge in [-0.25, -0.2) is 14.4 Å². The number of allylic oxidation sites excluding steroid dienone is 6. The van der Waals surface area contributed by atoms with Gasteiger partial charge in [0.2, 0.25) is 0 Å². The molecule has 0 aliphatic heterocycles. The summed E-state index contributed by atoms with van der Waals surface area (Å²) >= 11 is 0. The Morgan fingerprint density at radius 1 is 0.830 bits per heavy atom. The third-order valence-corrected chi connectivity index (χ3v) is 8.65. The molecule has 0 atom stereocenters. The first-order valence-electron chi connectivity index (χ1n) is 16.1. The molecule has 1 fully saturated rings. The molecule has 0 spiro atoms. The number of unbranched alkanes of at least 4 members (excludes halogenated alkanes) is 2. The predicted molar refractivity (Wildman–Crippen MR) is 175 cm³/mol. The van der Waals surface area contributed by atoms with Crippen LogP contribution in [-0.4, -0.2) is 50.8 Å². The number of fused-ring (bicyclic) bond motifs is 1. The maximum Gasteiger partial charge on any atom is 0.345 e. The predicted octanol–water partition coefficient (Wildman–Crippen LogP) is 7.56. The third kappa shape index (κ3) is 8.49. The van der Waals surface area contributed by atoms with Crippen LogP contribution >= 0.6 is 0 Å². The van der Waals surface area contributed by atoms with Crippen LogP contribution in [0.2, 0.25) is 0 Å². The Morgan fingerprint density at radius 2 is 1.57 bits per heavy atom. The average molecular weight is 641 g/mol. The van der Waals surface area contributed by atoms with Gasteiger partial charge in [-0.1, -0.05) is 38.0 Å². The van der Waals surface area contributed by atoms with Gasteiger partial charge in [0.1, 0.15) is 11.7 Å². The summed E-state index contributed by atoms with van der Waals surface area (Å²) in [6.45, 7) is 2.54. The van der Waals surface area contributed by atoms with E-state index in [2.05, 4.69) is 17.2 Å². The lowest BCUT2D eigenvalue weighted by molar-refractivity contribution is -0.153. The molecular weight excluding hydrogens is 600 g/mol. The van der Waals surface area contributed by atoms with Crippen molar-refractivity contribution in [3.8, 4) is 0 Å². The molecule has 0 heterocycles. The van der Waals surface area contributed by atoms with E-state index in [0.717, 1.165) is 52.5 Å². The van der Waals surface area contributed by atoms with Crippen molar-refractivity contribution in [2.45, 2.75) is 70.8 Å². The van der Waals surface area contributed by atoms with E-state index in [0.29, 0.717) is 56.4 Å². The molecular formula is C37H40N2O8. The zero-order chi connectivity index (χ0) is 33.3. The minimum absolute atomic E-state index is 0.156. The molecule has 2 aromatic rings. The average Bonchev–Trinajstić information content (AvgIpc) is 3.65. The van der Waals surface area contributed by atoms with Crippen LogP contribution in [0, 0.1) is 5.92 Å². The monoisotopic (exact) mass is 640 g/mol. The number of nitrogens with zero attached hydrogens (tertiary/aromatic N) is 2. The number of hydrogen-bond acceptors (Lipinski definition) is 10. The van der Waals surface area contributed by atoms with Crippen LogP contribution in [0.1, 0.15) is 75.1 Å². The van der Waals surface area contributed by atoms with Gasteiger partial charge >= 0.3 is 23.9 Å². The van der Waals surface area contributed by atoms with Crippen LogP contribution in [0.5, 0.6) is 0 Å². The minimum Gasteiger partial charge on any atom is -0.465 e. The van der Waals surface area contributed by atoms with Crippen molar-refractivity contribution >= 4 is 40.3 Å². The van der Waals surface area contributed by atoms with E-state index in [9.17, 15) is 19.2 Å². The van der Waals surface area contributed by atoms with Crippen molar-refractivity contribution in [3.05, 3.63) is 88.2 Å².